The normalized spacial score (nSPS) is 12.1. The summed E-state index contributed by atoms with van der Waals surface area (Å²) < 4.78 is 4.80. The molecular formula is C55H33N3. The lowest BCUT2D eigenvalue weighted by Crippen LogP contribution is -1.95. The second-order valence-electron chi connectivity index (χ2n) is 15.5. The van der Waals surface area contributed by atoms with Crippen LogP contribution in [0.3, 0.4) is 0 Å². The van der Waals surface area contributed by atoms with E-state index in [1.807, 2.05) is 6.20 Å². The average Bonchev–Trinajstić information content (AvgIpc) is 3.93. The third-order valence-electron chi connectivity index (χ3n) is 12.5. The van der Waals surface area contributed by atoms with Crippen LogP contribution in [0.4, 0.5) is 0 Å². The summed E-state index contributed by atoms with van der Waals surface area (Å²) in [6.45, 7) is 0. The van der Waals surface area contributed by atoms with Crippen LogP contribution in [0.15, 0.2) is 200 Å². The van der Waals surface area contributed by atoms with E-state index in [0.29, 0.717) is 0 Å². The molecule has 3 heterocycles. The Morgan fingerprint density at radius 2 is 0.983 bits per heavy atom. The Morgan fingerprint density at radius 1 is 0.328 bits per heavy atom. The Labute approximate surface area is 334 Å². The number of rotatable bonds is 4. The van der Waals surface area contributed by atoms with Gasteiger partial charge in [0.1, 0.15) is 0 Å². The SMILES string of the molecule is c1ccc(-n2c3ccccc3c3c4ccc(-c5ccc6c(c5)c5ccccc5n6-c5cccc(-c6ncc7cccc8c7c6-c6ccccc6-8)c5)cc4ccc32)cc1. The van der Waals surface area contributed by atoms with Crippen LogP contribution < -0.4 is 0 Å². The highest BCUT2D eigenvalue weighted by molar-refractivity contribution is 6.22. The summed E-state index contributed by atoms with van der Waals surface area (Å²) in [6, 6.07) is 71.0. The predicted molar refractivity (Wildman–Crippen MR) is 243 cm³/mol. The van der Waals surface area contributed by atoms with Crippen LogP contribution in [0.25, 0.3) is 121 Å². The molecular weight excluding hydrogens is 703 g/mol. The fourth-order valence-electron chi connectivity index (χ4n) is 9.97. The third-order valence-corrected chi connectivity index (χ3v) is 12.5. The van der Waals surface area contributed by atoms with Gasteiger partial charge in [0.2, 0.25) is 0 Å². The number of hydrogen-bond donors (Lipinski definition) is 0. The molecule has 0 atom stereocenters. The molecule has 58 heavy (non-hydrogen) atoms. The molecule has 1 aliphatic carbocycles. The second-order valence-corrected chi connectivity index (χ2v) is 15.5. The van der Waals surface area contributed by atoms with Crippen LogP contribution in [0.5, 0.6) is 0 Å². The molecule has 3 heteroatoms. The first-order valence-electron chi connectivity index (χ1n) is 20.0. The van der Waals surface area contributed by atoms with Gasteiger partial charge in [0.15, 0.2) is 0 Å². The van der Waals surface area contributed by atoms with Gasteiger partial charge in [-0.15, -0.1) is 0 Å². The highest BCUT2D eigenvalue weighted by Gasteiger charge is 2.25. The van der Waals surface area contributed by atoms with E-state index in [-0.39, 0.29) is 0 Å². The summed E-state index contributed by atoms with van der Waals surface area (Å²) in [6.07, 6.45) is 2.04. The zero-order valence-electron chi connectivity index (χ0n) is 31.4. The van der Waals surface area contributed by atoms with E-state index >= 15 is 0 Å². The van der Waals surface area contributed by atoms with Gasteiger partial charge >= 0.3 is 0 Å². The molecule has 3 aromatic heterocycles. The van der Waals surface area contributed by atoms with Gasteiger partial charge in [-0.2, -0.15) is 0 Å². The van der Waals surface area contributed by atoms with E-state index in [1.165, 1.54) is 104 Å². The molecule has 9 aromatic carbocycles. The fourth-order valence-corrected chi connectivity index (χ4v) is 9.97. The van der Waals surface area contributed by atoms with Crippen molar-refractivity contribution in [2.45, 2.75) is 0 Å². The topological polar surface area (TPSA) is 22.8 Å². The molecule has 0 N–H and O–H groups in total. The quantitative estimate of drug-likeness (QED) is 0.176. The van der Waals surface area contributed by atoms with Gasteiger partial charge in [0.25, 0.3) is 0 Å². The Kier molecular flexibility index (Phi) is 6.44. The number of pyridine rings is 1. The minimum atomic E-state index is 1.02. The highest BCUT2D eigenvalue weighted by Crippen LogP contribution is 2.50. The highest BCUT2D eigenvalue weighted by atomic mass is 15.0. The van der Waals surface area contributed by atoms with E-state index in [0.717, 1.165) is 16.9 Å². The molecule has 13 rings (SSSR count). The minimum Gasteiger partial charge on any atom is -0.309 e. The third kappa shape index (κ3) is 4.36. The maximum atomic E-state index is 5.13. The van der Waals surface area contributed by atoms with Gasteiger partial charge in [-0.25, -0.2) is 0 Å². The monoisotopic (exact) mass is 735 g/mol. The maximum absolute atomic E-state index is 5.13. The van der Waals surface area contributed by atoms with E-state index in [4.69, 9.17) is 4.98 Å². The van der Waals surface area contributed by atoms with Gasteiger partial charge in [0.05, 0.1) is 27.8 Å². The number of benzene rings is 9. The molecule has 0 amide bonds. The zero-order chi connectivity index (χ0) is 37.9. The molecule has 0 fully saturated rings. The molecule has 0 aliphatic heterocycles. The second kappa shape index (κ2) is 11.9. The van der Waals surface area contributed by atoms with Crippen molar-refractivity contribution in [1.29, 1.82) is 0 Å². The molecule has 0 bridgehead atoms. The van der Waals surface area contributed by atoms with E-state index in [1.54, 1.807) is 0 Å². The molecule has 0 spiro atoms. The molecule has 0 unspecified atom stereocenters. The first-order chi connectivity index (χ1) is 28.8. The maximum Gasteiger partial charge on any atom is 0.0787 e. The smallest absolute Gasteiger partial charge is 0.0787 e. The van der Waals surface area contributed by atoms with Gasteiger partial charge in [0, 0.05) is 61.0 Å². The average molecular weight is 736 g/mol. The van der Waals surface area contributed by atoms with Crippen molar-refractivity contribution in [3.8, 4) is 56.0 Å². The molecule has 268 valence electrons. The molecule has 0 saturated heterocycles. The van der Waals surface area contributed by atoms with Crippen LogP contribution >= 0.6 is 0 Å². The number of aromatic nitrogens is 3. The van der Waals surface area contributed by atoms with Crippen LogP contribution in [0.2, 0.25) is 0 Å². The molecule has 12 aromatic rings. The van der Waals surface area contributed by atoms with Crippen molar-refractivity contribution in [1.82, 2.24) is 14.1 Å². The van der Waals surface area contributed by atoms with Crippen LogP contribution in [0, 0.1) is 0 Å². The van der Waals surface area contributed by atoms with Crippen LogP contribution in [-0.2, 0) is 0 Å². The first-order valence-corrected chi connectivity index (χ1v) is 20.0. The summed E-state index contributed by atoms with van der Waals surface area (Å²) in [7, 11) is 0. The van der Waals surface area contributed by atoms with Crippen LogP contribution in [-0.4, -0.2) is 14.1 Å². The zero-order valence-corrected chi connectivity index (χ0v) is 31.4. The lowest BCUT2D eigenvalue weighted by Gasteiger charge is -2.13. The Bertz CT molecular complexity index is 3680. The summed E-state index contributed by atoms with van der Waals surface area (Å²) >= 11 is 0. The Hall–Kier alpha value is -7.75. The first kappa shape index (κ1) is 31.5. The summed E-state index contributed by atoms with van der Waals surface area (Å²) in [5, 5.41) is 10.0. The van der Waals surface area contributed by atoms with Gasteiger partial charge < -0.3 is 9.13 Å². The summed E-state index contributed by atoms with van der Waals surface area (Å²) in [4.78, 5) is 5.13. The van der Waals surface area contributed by atoms with Gasteiger partial charge in [-0.3, -0.25) is 4.98 Å². The van der Waals surface area contributed by atoms with Crippen molar-refractivity contribution in [2.24, 2.45) is 0 Å². The van der Waals surface area contributed by atoms with Gasteiger partial charge in [-0.05, 0) is 99.3 Å². The molecule has 0 radical (unpaired) electrons. The van der Waals surface area contributed by atoms with E-state index in [2.05, 4.69) is 203 Å². The van der Waals surface area contributed by atoms with Crippen LogP contribution in [0.1, 0.15) is 0 Å². The predicted octanol–water partition coefficient (Wildman–Crippen LogP) is 14.6. The number of para-hydroxylation sites is 3. The standard InChI is InChI=1S/C55H33N3/c1-2-14-39(15-3-1)57-49-23-9-7-20-46(49)53-41-27-24-34(30-36(41)26-29-51(53)57)35-25-28-50-47(32-35)43-18-6-8-22-48(43)58(50)40-16-10-12-37(31-40)55-54-45-19-5-4-17-42(45)44-21-11-13-38(33-56-55)52(44)54/h1-33H. The fraction of sp³-hybridized carbons (Fsp3) is 0. The Morgan fingerprint density at radius 3 is 1.88 bits per heavy atom. The molecule has 3 nitrogen and oxygen atoms in total. The number of hydrogen-bond acceptors (Lipinski definition) is 1. The van der Waals surface area contributed by atoms with Crippen molar-refractivity contribution in [3.63, 3.8) is 0 Å². The summed E-state index contributed by atoms with van der Waals surface area (Å²) in [5.41, 5.74) is 16.7. The number of fused-ring (bicyclic) bond motifs is 11. The lowest BCUT2D eigenvalue weighted by atomic mass is 9.97. The van der Waals surface area contributed by atoms with Crippen molar-refractivity contribution in [3.05, 3.63) is 200 Å². The van der Waals surface area contributed by atoms with E-state index in [9.17, 15) is 0 Å². The molecule has 0 saturated carbocycles. The molecule has 1 aliphatic rings. The van der Waals surface area contributed by atoms with Crippen molar-refractivity contribution in [2.75, 3.05) is 0 Å². The minimum absolute atomic E-state index is 1.02. The van der Waals surface area contributed by atoms with Crippen molar-refractivity contribution < 1.29 is 0 Å². The van der Waals surface area contributed by atoms with Gasteiger partial charge in [-0.1, -0.05) is 133 Å². The van der Waals surface area contributed by atoms with Crippen molar-refractivity contribution >= 4 is 65.2 Å². The summed E-state index contributed by atoms with van der Waals surface area (Å²) in [5.74, 6) is 0. The Balaban J connectivity index is 0.953. The largest absolute Gasteiger partial charge is 0.309 e. The van der Waals surface area contributed by atoms with E-state index < -0.39 is 0 Å². The lowest BCUT2D eigenvalue weighted by molar-refractivity contribution is 1.18. The number of nitrogens with zero attached hydrogens (tertiary/aromatic N) is 3.